The molecule has 1 unspecified atom stereocenters. The van der Waals surface area contributed by atoms with Gasteiger partial charge in [0.25, 0.3) is 0 Å². The van der Waals surface area contributed by atoms with Gasteiger partial charge in [-0.15, -0.1) is 11.8 Å². The fourth-order valence-electron chi connectivity index (χ4n) is 16.6. The van der Waals surface area contributed by atoms with E-state index in [1.807, 2.05) is 26.0 Å². The van der Waals surface area contributed by atoms with E-state index >= 15 is 33.6 Å². The first-order valence-electron chi connectivity index (χ1n) is 45.6. The monoisotopic (exact) mass is 1900 g/mol. The Morgan fingerprint density at radius 1 is 0.522 bits per heavy atom. The largest absolute Gasteiger partial charge is 0.394 e. The molecule has 2 saturated heterocycles. The van der Waals surface area contributed by atoms with Gasteiger partial charge in [0, 0.05) is 119 Å². The maximum atomic E-state index is 15.7. The third-order valence-corrected chi connectivity index (χ3v) is 25.2. The number of aliphatic hydroxyl groups is 1. The molecule has 0 radical (unpaired) electrons. The maximum Gasteiger partial charge on any atom is 0.246 e. The molecule has 2 aliphatic rings. The van der Waals surface area contributed by atoms with E-state index in [1.54, 1.807) is 105 Å². The molecule has 22 N–H and O–H groups in total. The van der Waals surface area contributed by atoms with Crippen LogP contribution >= 0.6 is 11.8 Å². The second kappa shape index (κ2) is 50.9. The van der Waals surface area contributed by atoms with Crippen molar-refractivity contribution in [1.82, 2.24) is 103 Å². The first kappa shape index (κ1) is 106. The number of likely N-dealkylation sites (N-methyl/N-ethyl adjacent to an activating group) is 4. The van der Waals surface area contributed by atoms with Crippen molar-refractivity contribution in [1.29, 1.82) is 5.41 Å². The number of fused-ring (bicyclic) bond motifs is 4. The lowest BCUT2D eigenvalue weighted by molar-refractivity contribution is -0.149. The summed E-state index contributed by atoms with van der Waals surface area (Å²) in [6.45, 7) is 5.92. The number of aliphatic hydroxyl groups excluding tert-OH is 1. The molecule has 9 rings (SSSR count). The van der Waals surface area contributed by atoms with E-state index in [0.717, 1.165) is 41.6 Å². The normalized spacial score (nSPS) is 23.2. The van der Waals surface area contributed by atoms with Gasteiger partial charge in [-0.1, -0.05) is 132 Å². The van der Waals surface area contributed by atoms with Crippen LogP contribution in [0, 0.1) is 11.3 Å². The number of para-hydroxylation sites is 2. The van der Waals surface area contributed by atoms with E-state index in [-0.39, 0.29) is 89.6 Å². The summed E-state index contributed by atoms with van der Waals surface area (Å²) in [5, 5.41) is 51.1. The number of rotatable bonds is 26. The predicted octanol–water partition coefficient (Wildman–Crippen LogP) is -0.985. The van der Waals surface area contributed by atoms with Gasteiger partial charge in [0.05, 0.1) is 38.2 Å². The number of nitrogens with one attached hydrogen (secondary N) is 15. The summed E-state index contributed by atoms with van der Waals surface area (Å²) in [5.41, 5.74) is 20.1. The number of unbranched alkanes of at least 4 members (excludes halogenated alkanes) is 2. The van der Waals surface area contributed by atoms with Gasteiger partial charge in [-0.3, -0.25) is 86.9 Å². The molecule has 42 nitrogen and oxygen atoms in total. The van der Waals surface area contributed by atoms with Gasteiger partial charge in [-0.2, -0.15) is 0 Å². The number of primary amides is 2. The molecule has 0 bridgehead atoms. The lowest BCUT2D eigenvalue weighted by Crippen LogP contribution is -2.61. The van der Waals surface area contributed by atoms with E-state index in [4.69, 9.17) is 22.6 Å². The predicted molar refractivity (Wildman–Crippen MR) is 507 cm³/mol. The Hall–Kier alpha value is -14.0. The van der Waals surface area contributed by atoms with E-state index in [2.05, 4.69) is 78.4 Å². The number of aromatic nitrogens is 4. The standard InChI is InChI=1S/C93H128N24O18S/c1-10-12-32-73-86(129)106-64(31-21-35-99-93(96)97)82(125)112-72(81(124)102-46-77(95)120)49-136-50-79(122)105-68(38-55-25-20-24-54-23-14-15-26-59(54)55)89(132)114(7)53(5)80(123)108-70(42-76(94)119)91(134)117-36-22-34-74(117)87(130)107-66(41-58-45-98-51-103-58)84(127)109-67(37-52(3)4)88(131)113(6)47-78(121)104-65(39-56-43-100-62-29-18-16-27-60(56)62)83(126)111-71(48-118)85(128)110-69(40-57-44-101-63-30-19-17-28-61(57)63)90(133)116(9)75(33-13-11-2)92(135)115(73)8/h14-20,23-30,43-45,51-53,64-75,100-101,118H,10-13,21-22,31-42,46-50H2,1-9H3,(H2,94,119)(H2,95,120)(H,98,103)(H,102,124)(H,104,121)(H,105,122)(H,106,129)(H,107,130)(H,108,123)(H,109,127)(H,110,128)(H,111,126)(H,112,125)(H4,96,97,99)/t53-,64-,65-,66-,67-,68-,69?,70-,71-,72+,73-,74-,75-/m0/s1. The minimum atomic E-state index is -1.85. The quantitative estimate of drug-likeness (QED) is 0.0176. The number of amides is 17. The van der Waals surface area contributed by atoms with Gasteiger partial charge < -0.3 is 120 Å². The molecule has 3 aromatic heterocycles. The first-order chi connectivity index (χ1) is 64.9. The van der Waals surface area contributed by atoms with Crippen molar-refractivity contribution in [3.63, 3.8) is 0 Å². The van der Waals surface area contributed by atoms with Crippen molar-refractivity contribution in [3.8, 4) is 0 Å². The summed E-state index contributed by atoms with van der Waals surface area (Å²) in [6, 6.07) is 6.87. The van der Waals surface area contributed by atoms with Crippen LogP contribution in [-0.2, 0) is 107 Å². The van der Waals surface area contributed by atoms with Crippen molar-refractivity contribution in [2.75, 3.05) is 72.5 Å². The number of hydrogen-bond donors (Lipinski definition) is 19. The molecule has 7 aromatic rings. The Balaban J connectivity index is 1.09. The Labute approximate surface area is 791 Å². The Kier molecular flexibility index (Phi) is 39.6. The molecule has 17 amide bonds. The molecule has 43 heteroatoms. The van der Waals surface area contributed by atoms with Gasteiger partial charge in [0.2, 0.25) is 100 Å². The average Bonchev–Trinajstić information content (AvgIpc) is 1.52. The number of hydrogen-bond acceptors (Lipinski definition) is 21. The van der Waals surface area contributed by atoms with Crippen molar-refractivity contribution < 1.29 is 86.6 Å². The zero-order valence-corrected chi connectivity index (χ0v) is 78.8. The molecule has 136 heavy (non-hydrogen) atoms. The molecule has 13 atom stereocenters. The van der Waals surface area contributed by atoms with Crippen molar-refractivity contribution in [2.24, 2.45) is 23.1 Å². The summed E-state index contributed by atoms with van der Waals surface area (Å²) in [7, 11) is 5.27. The molecule has 4 aromatic carbocycles. The lowest BCUT2D eigenvalue weighted by atomic mass is 9.98. The highest BCUT2D eigenvalue weighted by Gasteiger charge is 2.44. The summed E-state index contributed by atoms with van der Waals surface area (Å²) in [4.78, 5) is 269. The summed E-state index contributed by atoms with van der Waals surface area (Å²) < 4.78 is 0. The molecular formula is C93H128N24O18S. The van der Waals surface area contributed by atoms with Crippen molar-refractivity contribution in [3.05, 3.63) is 138 Å². The molecule has 5 heterocycles. The minimum absolute atomic E-state index is 0.00230. The number of nitrogens with two attached hydrogens (primary N) is 3. The third kappa shape index (κ3) is 29.5. The third-order valence-electron chi connectivity index (χ3n) is 24.2. The second-order valence-electron chi connectivity index (χ2n) is 34.8. The van der Waals surface area contributed by atoms with E-state index in [1.165, 1.54) is 47.6 Å². The number of thioether (sulfide) groups is 1. The van der Waals surface area contributed by atoms with Crippen LogP contribution in [-0.4, -0.2) is 307 Å². The molecule has 2 aliphatic heterocycles. The Morgan fingerprint density at radius 3 is 1.68 bits per heavy atom. The van der Waals surface area contributed by atoms with Gasteiger partial charge in [-0.25, -0.2) is 4.98 Å². The number of carbonyl (C=O) groups is 17. The fourth-order valence-corrected chi connectivity index (χ4v) is 17.5. The van der Waals surface area contributed by atoms with Gasteiger partial charge in [-0.05, 0) is 97.4 Å². The molecule has 0 saturated carbocycles. The van der Waals surface area contributed by atoms with Crippen LogP contribution in [0.25, 0.3) is 32.6 Å². The zero-order chi connectivity index (χ0) is 99.1. The van der Waals surface area contributed by atoms with E-state index in [0.29, 0.717) is 75.3 Å². The SMILES string of the molecule is CCCC[C@H]1C(=O)N(C)[C@@H](CCCC)C(=O)N[C@@H](CCCNC(=N)N)C(=O)N[C@@H](C(=O)NCC(N)=O)CSCC(=O)N[C@@H](Cc2cccc3ccccc23)C(=O)N(C)[C@@H](C)C(=O)N[C@@H](CC(N)=O)C(=O)N2CCC[C@H]2C(=O)N[C@@H](Cc2cnc[nH]2)C(=O)N[C@@H](CC(C)C)C(=O)N(C)CC(=O)N[C@@H](Cc2c[nH]c3ccccc23)C(=O)N[C@@H](CO)C(=O)NC(Cc2c[nH]c3ccccc23)C(=O)N1C. The van der Waals surface area contributed by atoms with Gasteiger partial charge in [0.15, 0.2) is 5.96 Å². The summed E-state index contributed by atoms with van der Waals surface area (Å²) >= 11 is 0.798. The van der Waals surface area contributed by atoms with E-state index in [9.17, 15) is 53.1 Å². The van der Waals surface area contributed by atoms with Crippen LogP contribution in [0.4, 0.5) is 0 Å². The highest BCUT2D eigenvalue weighted by Crippen LogP contribution is 2.27. The smallest absolute Gasteiger partial charge is 0.246 e. The van der Waals surface area contributed by atoms with Gasteiger partial charge in [0.1, 0.15) is 78.5 Å². The van der Waals surface area contributed by atoms with Crippen LogP contribution in [0.2, 0.25) is 0 Å². The summed E-state index contributed by atoms with van der Waals surface area (Å²) in [5.74, 6) is -17.2. The Morgan fingerprint density at radius 2 is 1.06 bits per heavy atom. The Bertz CT molecular complexity index is 5430. The highest BCUT2D eigenvalue weighted by molar-refractivity contribution is 8.00. The number of imidazole rings is 1. The molecular weight excluding hydrogens is 1770 g/mol. The average molecular weight is 1900 g/mol. The molecule has 2 fully saturated rings. The number of nitrogens with zero attached hydrogens (tertiary/aromatic N) is 6. The van der Waals surface area contributed by atoms with Gasteiger partial charge >= 0.3 is 0 Å². The van der Waals surface area contributed by atoms with Crippen LogP contribution in [0.5, 0.6) is 0 Å². The number of benzene rings is 4. The first-order valence-corrected chi connectivity index (χ1v) is 46.8. The number of aromatic amines is 3. The highest BCUT2D eigenvalue weighted by atomic mass is 32.2. The zero-order valence-electron chi connectivity index (χ0n) is 78.0. The maximum absolute atomic E-state index is 15.7. The number of guanidine groups is 1. The van der Waals surface area contributed by atoms with Crippen LogP contribution < -0.4 is 75.7 Å². The van der Waals surface area contributed by atoms with Crippen LogP contribution in [0.15, 0.2) is 116 Å². The molecule has 734 valence electrons. The molecule has 0 aliphatic carbocycles. The minimum Gasteiger partial charge on any atom is -0.394 e. The number of carbonyl (C=O) groups excluding carboxylic acids is 17. The van der Waals surface area contributed by atoms with E-state index < -0.39 is 223 Å². The molecule has 0 spiro atoms. The summed E-state index contributed by atoms with van der Waals surface area (Å²) in [6.07, 6.45) is 5.93. The van der Waals surface area contributed by atoms with Crippen LogP contribution in [0.3, 0.4) is 0 Å². The topological polar surface area (TPSA) is 621 Å². The van der Waals surface area contributed by atoms with Crippen molar-refractivity contribution >= 4 is 151 Å². The fraction of sp³-hybridized carbons (Fsp3) is 0.495. The van der Waals surface area contributed by atoms with Crippen molar-refractivity contribution in [2.45, 2.75) is 216 Å². The lowest BCUT2D eigenvalue weighted by Gasteiger charge is -2.36. The second-order valence-corrected chi connectivity index (χ2v) is 35.8. The number of H-pyrrole nitrogens is 3. The van der Waals surface area contributed by atoms with Crippen LogP contribution in [0.1, 0.15) is 134 Å².